The second-order valence-electron chi connectivity index (χ2n) is 9.18. The minimum atomic E-state index is -3.64. The second-order valence-corrected chi connectivity index (χ2v) is 11.3. The molecule has 0 aromatic heterocycles. The van der Waals surface area contributed by atoms with Crippen molar-refractivity contribution in [3.8, 4) is 5.75 Å². The van der Waals surface area contributed by atoms with Crippen LogP contribution in [-0.4, -0.2) is 61.6 Å². The fourth-order valence-electron chi connectivity index (χ4n) is 4.78. The molecule has 2 aliphatic rings. The van der Waals surface area contributed by atoms with Crippen LogP contribution in [0.5, 0.6) is 5.75 Å². The number of benzene rings is 1. The lowest BCUT2D eigenvalue weighted by Gasteiger charge is -2.47. The van der Waals surface area contributed by atoms with Gasteiger partial charge in [0.15, 0.2) is 0 Å². The summed E-state index contributed by atoms with van der Waals surface area (Å²) in [6.07, 6.45) is 6.67. The first kappa shape index (κ1) is 25.5. The van der Waals surface area contributed by atoms with Crippen LogP contribution in [0.2, 0.25) is 0 Å². The lowest BCUT2D eigenvalue weighted by molar-refractivity contribution is -0.133. The molecule has 1 saturated heterocycles. The van der Waals surface area contributed by atoms with Crippen LogP contribution in [0, 0.1) is 0 Å². The van der Waals surface area contributed by atoms with Crippen LogP contribution in [0.25, 0.3) is 0 Å². The molecule has 9 heteroatoms. The number of carbonyl (C=O) groups excluding carboxylic acids is 2. The number of anilines is 1. The average Bonchev–Trinajstić information content (AvgIpc) is 3.03. The highest BCUT2D eigenvalue weighted by Gasteiger charge is 2.51. The lowest BCUT2D eigenvalue weighted by atomic mass is 9.93. The minimum absolute atomic E-state index is 0.0386. The third kappa shape index (κ3) is 5.87. The van der Waals surface area contributed by atoms with Gasteiger partial charge in [0.2, 0.25) is 21.8 Å². The van der Waals surface area contributed by atoms with Crippen molar-refractivity contribution in [3.05, 3.63) is 24.3 Å². The summed E-state index contributed by atoms with van der Waals surface area (Å²) in [6, 6.07) is 7.05. The van der Waals surface area contributed by atoms with E-state index < -0.39 is 21.5 Å². The van der Waals surface area contributed by atoms with Crippen molar-refractivity contribution in [1.29, 1.82) is 0 Å². The monoisotopic (exact) mass is 479 g/mol. The van der Waals surface area contributed by atoms with Crippen LogP contribution in [0.15, 0.2) is 24.3 Å². The van der Waals surface area contributed by atoms with Gasteiger partial charge in [0.05, 0.1) is 18.9 Å². The van der Waals surface area contributed by atoms with E-state index in [4.69, 9.17) is 4.74 Å². The molecule has 0 bridgehead atoms. The van der Waals surface area contributed by atoms with E-state index in [9.17, 15) is 18.0 Å². The third-order valence-corrected chi connectivity index (χ3v) is 8.45. The first-order chi connectivity index (χ1) is 15.7. The van der Waals surface area contributed by atoms with E-state index >= 15 is 0 Å². The predicted molar refractivity (Wildman–Crippen MR) is 129 cm³/mol. The highest BCUT2D eigenvalue weighted by atomic mass is 32.2. The van der Waals surface area contributed by atoms with Gasteiger partial charge in [-0.3, -0.25) is 14.5 Å². The number of hydrogen-bond donors (Lipinski definition) is 1. The normalized spacial score (nSPS) is 23.2. The number of ether oxygens (including phenoxy) is 1. The molecule has 1 atom stereocenters. The van der Waals surface area contributed by atoms with Gasteiger partial charge in [0, 0.05) is 18.3 Å². The zero-order valence-corrected chi connectivity index (χ0v) is 20.8. The Bertz CT molecular complexity index is 926. The molecule has 1 aliphatic carbocycles. The van der Waals surface area contributed by atoms with Crippen LogP contribution >= 0.6 is 0 Å². The molecule has 2 amide bonds. The summed E-state index contributed by atoms with van der Waals surface area (Å²) < 4.78 is 32.4. The second kappa shape index (κ2) is 10.9. The molecule has 1 aromatic rings. The zero-order chi connectivity index (χ0) is 24.1. The van der Waals surface area contributed by atoms with Crippen molar-refractivity contribution in [2.24, 2.45) is 0 Å². The van der Waals surface area contributed by atoms with E-state index in [2.05, 4.69) is 5.32 Å². The van der Waals surface area contributed by atoms with Gasteiger partial charge in [-0.25, -0.2) is 8.42 Å². The number of amides is 2. The number of rotatable bonds is 8. The number of sulfonamides is 1. The summed E-state index contributed by atoms with van der Waals surface area (Å²) >= 11 is 0. The van der Waals surface area contributed by atoms with Crippen molar-refractivity contribution in [2.45, 2.75) is 77.3 Å². The molecule has 1 saturated carbocycles. The molecular formula is C24H37N3O5S. The van der Waals surface area contributed by atoms with E-state index in [1.165, 1.54) is 9.21 Å². The Morgan fingerprint density at radius 2 is 1.76 bits per heavy atom. The molecule has 3 rings (SSSR count). The van der Waals surface area contributed by atoms with Gasteiger partial charge in [-0.05, 0) is 57.4 Å². The molecular weight excluding hydrogens is 442 g/mol. The minimum Gasteiger partial charge on any atom is -0.494 e. The first-order valence-corrected chi connectivity index (χ1v) is 13.7. The quantitative estimate of drug-likeness (QED) is 0.578. The summed E-state index contributed by atoms with van der Waals surface area (Å²) in [5.41, 5.74) is -0.815. The molecule has 0 radical (unpaired) electrons. The Morgan fingerprint density at radius 1 is 1.12 bits per heavy atom. The van der Waals surface area contributed by atoms with Gasteiger partial charge in [0.25, 0.3) is 0 Å². The van der Waals surface area contributed by atoms with Crippen molar-refractivity contribution >= 4 is 27.5 Å². The highest BCUT2D eigenvalue weighted by Crippen LogP contribution is 2.32. The Morgan fingerprint density at radius 3 is 2.33 bits per heavy atom. The largest absolute Gasteiger partial charge is 0.494 e. The molecule has 184 valence electrons. The van der Waals surface area contributed by atoms with E-state index in [1.807, 2.05) is 6.92 Å². The van der Waals surface area contributed by atoms with Gasteiger partial charge < -0.3 is 10.1 Å². The number of nitrogens with zero attached hydrogens (tertiary/aromatic N) is 2. The maximum Gasteiger partial charge on any atom is 0.247 e. The summed E-state index contributed by atoms with van der Waals surface area (Å²) in [5, 5.41) is 3.15. The van der Waals surface area contributed by atoms with Crippen molar-refractivity contribution in [3.63, 3.8) is 0 Å². The van der Waals surface area contributed by atoms with Crippen LogP contribution in [-0.2, 0) is 19.6 Å². The van der Waals surface area contributed by atoms with Gasteiger partial charge in [-0.15, -0.1) is 0 Å². The number of hydrogen-bond acceptors (Lipinski definition) is 5. The standard InChI is InChI=1S/C24H37N3O5S/c1-4-16-33(30,31)26-17-22(28)27(20-12-14-21(15-13-20)32-5-2)24(3,18-26)23(29)25-19-10-8-6-7-9-11-19/h12-15,19H,4-11,16-18H2,1-3H3,(H,25,29). The Balaban J connectivity index is 1.95. The Hall–Kier alpha value is -2.13. The smallest absolute Gasteiger partial charge is 0.247 e. The molecule has 2 fully saturated rings. The first-order valence-electron chi connectivity index (χ1n) is 12.1. The zero-order valence-electron chi connectivity index (χ0n) is 20.0. The number of carbonyl (C=O) groups is 2. The highest BCUT2D eigenvalue weighted by molar-refractivity contribution is 7.89. The number of nitrogens with one attached hydrogen (secondary N) is 1. The Labute approximate surface area is 197 Å². The van der Waals surface area contributed by atoms with E-state index in [0.29, 0.717) is 24.5 Å². The molecule has 8 nitrogen and oxygen atoms in total. The van der Waals surface area contributed by atoms with Gasteiger partial charge in [-0.2, -0.15) is 4.31 Å². The van der Waals surface area contributed by atoms with E-state index in [1.54, 1.807) is 38.1 Å². The molecule has 33 heavy (non-hydrogen) atoms. The van der Waals surface area contributed by atoms with Gasteiger partial charge in [-0.1, -0.05) is 32.6 Å². The maximum absolute atomic E-state index is 13.7. The Kier molecular flexibility index (Phi) is 8.39. The van der Waals surface area contributed by atoms with Crippen molar-refractivity contribution in [2.75, 3.05) is 30.3 Å². The van der Waals surface area contributed by atoms with E-state index in [0.717, 1.165) is 38.5 Å². The summed E-state index contributed by atoms with van der Waals surface area (Å²) in [5.74, 6) is -0.108. The molecule has 0 spiro atoms. The van der Waals surface area contributed by atoms with Crippen LogP contribution in [0.4, 0.5) is 5.69 Å². The van der Waals surface area contributed by atoms with Crippen molar-refractivity contribution in [1.82, 2.24) is 9.62 Å². The predicted octanol–water partition coefficient (Wildman–Crippen LogP) is 3.07. The van der Waals surface area contributed by atoms with Crippen LogP contribution < -0.4 is 15.0 Å². The van der Waals surface area contributed by atoms with Crippen LogP contribution in [0.1, 0.15) is 65.7 Å². The van der Waals surface area contributed by atoms with Crippen molar-refractivity contribution < 1.29 is 22.7 Å². The third-order valence-electron chi connectivity index (χ3n) is 6.48. The number of piperazine rings is 1. The van der Waals surface area contributed by atoms with Gasteiger partial charge >= 0.3 is 0 Å². The average molecular weight is 480 g/mol. The topological polar surface area (TPSA) is 96.0 Å². The van der Waals surface area contributed by atoms with Crippen LogP contribution in [0.3, 0.4) is 0 Å². The van der Waals surface area contributed by atoms with E-state index in [-0.39, 0.29) is 30.8 Å². The molecule has 1 N–H and O–H groups in total. The SMILES string of the molecule is CCCS(=O)(=O)N1CC(=O)N(c2ccc(OCC)cc2)C(C)(C(=O)NC2CCCCCC2)C1. The molecule has 1 heterocycles. The molecule has 1 unspecified atom stereocenters. The summed E-state index contributed by atoms with van der Waals surface area (Å²) in [7, 11) is -3.64. The molecule has 1 aromatic carbocycles. The molecule has 1 aliphatic heterocycles. The fraction of sp³-hybridized carbons (Fsp3) is 0.667. The fourth-order valence-corrected chi connectivity index (χ4v) is 6.30. The summed E-state index contributed by atoms with van der Waals surface area (Å²) in [4.78, 5) is 28.5. The maximum atomic E-state index is 13.7. The van der Waals surface area contributed by atoms with Gasteiger partial charge in [0.1, 0.15) is 11.3 Å². The lowest BCUT2D eigenvalue weighted by Crippen LogP contribution is -2.71. The summed E-state index contributed by atoms with van der Waals surface area (Å²) in [6.45, 7) is 5.51.